The van der Waals surface area contributed by atoms with Gasteiger partial charge in [0.05, 0.1) is 20.8 Å². The Balaban J connectivity index is 1.56. The third kappa shape index (κ3) is 6.14. The number of benzene rings is 3. The van der Waals surface area contributed by atoms with Crippen LogP contribution in [0.2, 0.25) is 5.02 Å². The van der Waals surface area contributed by atoms with Gasteiger partial charge in [0.15, 0.2) is 16.7 Å². The van der Waals surface area contributed by atoms with Crippen LogP contribution in [-0.4, -0.2) is 17.7 Å². The van der Waals surface area contributed by atoms with Crippen LogP contribution in [0.5, 0.6) is 11.5 Å². The van der Waals surface area contributed by atoms with Crippen molar-refractivity contribution in [3.63, 3.8) is 0 Å². The Labute approximate surface area is 221 Å². The Morgan fingerprint density at radius 3 is 2.62 bits per heavy atom. The third-order valence-corrected chi connectivity index (χ3v) is 6.95. The molecule has 3 aromatic rings. The summed E-state index contributed by atoms with van der Waals surface area (Å²) in [4.78, 5) is 17.6. The van der Waals surface area contributed by atoms with Crippen molar-refractivity contribution >= 4 is 68.8 Å². The van der Waals surface area contributed by atoms with Crippen LogP contribution in [0.3, 0.4) is 0 Å². The second kappa shape index (κ2) is 11.3. The molecular formula is C26H22ClIN2O3S. The molecule has 0 spiro atoms. The highest BCUT2D eigenvalue weighted by Crippen LogP contribution is 2.37. The first-order valence-corrected chi connectivity index (χ1v) is 12.9. The Kier molecular flexibility index (Phi) is 8.18. The summed E-state index contributed by atoms with van der Waals surface area (Å²) in [5.41, 5.74) is 3.69. The zero-order valence-corrected chi connectivity index (χ0v) is 22.3. The zero-order chi connectivity index (χ0) is 24.1. The minimum atomic E-state index is -0.178. The first-order valence-electron chi connectivity index (χ1n) is 10.6. The van der Waals surface area contributed by atoms with Gasteiger partial charge in [-0.1, -0.05) is 47.5 Å². The van der Waals surface area contributed by atoms with Crippen LogP contribution in [0.4, 0.5) is 5.69 Å². The Bertz CT molecular complexity index is 1280. The number of carbonyl (C=O) groups excluding carboxylic acids is 1. The van der Waals surface area contributed by atoms with Crippen LogP contribution in [0.15, 0.2) is 70.6 Å². The predicted octanol–water partition coefficient (Wildman–Crippen LogP) is 7.12. The average Bonchev–Trinajstić information content (AvgIpc) is 3.14. The largest absolute Gasteiger partial charge is 0.490 e. The molecule has 0 radical (unpaired) electrons. The summed E-state index contributed by atoms with van der Waals surface area (Å²) >= 11 is 9.79. The van der Waals surface area contributed by atoms with Crippen molar-refractivity contribution in [2.45, 2.75) is 20.5 Å². The van der Waals surface area contributed by atoms with E-state index in [1.165, 1.54) is 11.8 Å². The molecule has 0 saturated carbocycles. The van der Waals surface area contributed by atoms with Gasteiger partial charge in [-0.3, -0.25) is 4.79 Å². The number of rotatable bonds is 7. The summed E-state index contributed by atoms with van der Waals surface area (Å²) in [6, 6.07) is 19.2. The number of ether oxygens (including phenoxy) is 2. The van der Waals surface area contributed by atoms with Gasteiger partial charge in [0, 0.05) is 10.6 Å². The molecule has 1 fully saturated rings. The van der Waals surface area contributed by atoms with Gasteiger partial charge in [-0.25, -0.2) is 4.99 Å². The van der Waals surface area contributed by atoms with E-state index in [2.05, 4.69) is 32.9 Å². The molecule has 1 amide bonds. The molecule has 34 heavy (non-hydrogen) atoms. The average molecular weight is 605 g/mol. The molecule has 174 valence electrons. The number of carbonyl (C=O) groups is 1. The van der Waals surface area contributed by atoms with E-state index in [4.69, 9.17) is 21.1 Å². The summed E-state index contributed by atoms with van der Waals surface area (Å²) in [5, 5.41) is 4.04. The maximum absolute atomic E-state index is 12.5. The lowest BCUT2D eigenvalue weighted by molar-refractivity contribution is -0.115. The molecule has 1 N–H and O–H groups in total. The molecule has 1 saturated heterocycles. The van der Waals surface area contributed by atoms with Gasteiger partial charge in [0.1, 0.15) is 6.61 Å². The number of hydrogen-bond acceptors (Lipinski definition) is 5. The maximum atomic E-state index is 12.5. The lowest BCUT2D eigenvalue weighted by atomic mass is 10.1. The monoisotopic (exact) mass is 604 g/mol. The molecule has 1 aliphatic rings. The maximum Gasteiger partial charge on any atom is 0.264 e. The molecule has 1 aliphatic heterocycles. The Morgan fingerprint density at radius 2 is 1.88 bits per heavy atom. The lowest BCUT2D eigenvalue weighted by Gasteiger charge is -2.15. The van der Waals surface area contributed by atoms with Crippen LogP contribution in [0.25, 0.3) is 6.08 Å². The van der Waals surface area contributed by atoms with Crippen molar-refractivity contribution in [3.05, 3.63) is 90.9 Å². The SMILES string of the molecule is CCOc1cc(/C=C2\SC(=Nc3ccc(C)cc3)NC2=O)cc(I)c1OCc1ccccc1Cl. The van der Waals surface area contributed by atoms with Crippen molar-refractivity contribution in [2.24, 2.45) is 4.99 Å². The Morgan fingerprint density at radius 1 is 1.12 bits per heavy atom. The van der Waals surface area contributed by atoms with Gasteiger partial charge in [0.25, 0.3) is 5.91 Å². The lowest BCUT2D eigenvalue weighted by Crippen LogP contribution is -2.19. The van der Waals surface area contributed by atoms with Crippen LogP contribution in [0, 0.1) is 10.5 Å². The Hall–Kier alpha value is -2.49. The molecular weight excluding hydrogens is 583 g/mol. The van der Waals surface area contributed by atoms with E-state index in [1.807, 2.05) is 80.6 Å². The van der Waals surface area contributed by atoms with Crippen LogP contribution < -0.4 is 14.8 Å². The topological polar surface area (TPSA) is 59.9 Å². The van der Waals surface area contributed by atoms with Crippen LogP contribution in [0.1, 0.15) is 23.6 Å². The van der Waals surface area contributed by atoms with E-state index in [1.54, 1.807) is 0 Å². The van der Waals surface area contributed by atoms with E-state index in [-0.39, 0.29) is 5.91 Å². The highest BCUT2D eigenvalue weighted by atomic mass is 127. The predicted molar refractivity (Wildman–Crippen MR) is 148 cm³/mol. The van der Waals surface area contributed by atoms with Crippen LogP contribution >= 0.6 is 46.0 Å². The van der Waals surface area contributed by atoms with E-state index >= 15 is 0 Å². The van der Waals surface area contributed by atoms with Gasteiger partial charge in [-0.2, -0.15) is 0 Å². The van der Waals surface area contributed by atoms with Gasteiger partial charge in [-0.05, 0) is 90.2 Å². The van der Waals surface area contributed by atoms with Crippen LogP contribution in [-0.2, 0) is 11.4 Å². The number of hydrogen-bond donors (Lipinski definition) is 1. The van der Waals surface area contributed by atoms with Crippen molar-refractivity contribution in [3.8, 4) is 11.5 Å². The molecule has 3 aromatic carbocycles. The van der Waals surface area contributed by atoms with Gasteiger partial charge in [0.2, 0.25) is 0 Å². The number of nitrogens with zero attached hydrogens (tertiary/aromatic N) is 1. The minimum Gasteiger partial charge on any atom is -0.490 e. The fraction of sp³-hybridized carbons (Fsp3) is 0.154. The number of thioether (sulfide) groups is 1. The number of nitrogens with one attached hydrogen (secondary N) is 1. The number of aliphatic imine (C=N–C) groups is 1. The quantitative estimate of drug-likeness (QED) is 0.230. The van der Waals surface area contributed by atoms with E-state index < -0.39 is 0 Å². The number of amides is 1. The normalized spacial score (nSPS) is 15.6. The number of aryl methyl sites for hydroxylation is 1. The van der Waals surface area contributed by atoms with E-state index in [9.17, 15) is 4.79 Å². The summed E-state index contributed by atoms with van der Waals surface area (Å²) in [6.45, 7) is 4.76. The molecule has 0 atom stereocenters. The minimum absolute atomic E-state index is 0.178. The molecule has 0 aromatic heterocycles. The molecule has 5 nitrogen and oxygen atoms in total. The molecule has 0 unspecified atom stereocenters. The molecule has 4 rings (SSSR count). The smallest absolute Gasteiger partial charge is 0.264 e. The first kappa shape index (κ1) is 24.6. The molecule has 0 aliphatic carbocycles. The third-order valence-electron chi connectivity index (χ3n) is 4.87. The second-order valence-electron chi connectivity index (χ2n) is 7.46. The second-order valence-corrected chi connectivity index (χ2v) is 10.1. The number of amidine groups is 1. The fourth-order valence-electron chi connectivity index (χ4n) is 3.21. The van der Waals surface area contributed by atoms with Crippen molar-refractivity contribution in [2.75, 3.05) is 6.61 Å². The highest BCUT2D eigenvalue weighted by molar-refractivity contribution is 14.1. The van der Waals surface area contributed by atoms with Gasteiger partial charge >= 0.3 is 0 Å². The molecule has 8 heteroatoms. The van der Waals surface area contributed by atoms with Crippen molar-refractivity contribution in [1.29, 1.82) is 0 Å². The summed E-state index contributed by atoms with van der Waals surface area (Å²) in [5.74, 6) is 1.09. The van der Waals surface area contributed by atoms with Crippen molar-refractivity contribution < 1.29 is 14.3 Å². The summed E-state index contributed by atoms with van der Waals surface area (Å²) < 4.78 is 12.8. The number of halogens is 2. The standard InChI is InChI=1S/C26H22ClIN2O3S/c1-3-32-22-13-17(12-21(28)24(22)33-15-18-6-4-5-7-20(18)27)14-23-25(31)30-26(34-23)29-19-10-8-16(2)9-11-19/h4-14H,3,15H2,1-2H3,(H,29,30,31)/b23-14-. The van der Waals surface area contributed by atoms with Crippen molar-refractivity contribution in [1.82, 2.24) is 5.32 Å². The molecule has 1 heterocycles. The highest BCUT2D eigenvalue weighted by Gasteiger charge is 2.24. The fourth-order valence-corrected chi connectivity index (χ4v) is 5.02. The van der Waals surface area contributed by atoms with E-state index in [0.29, 0.717) is 39.8 Å². The first-order chi connectivity index (χ1) is 16.4. The summed E-state index contributed by atoms with van der Waals surface area (Å²) in [6.07, 6.45) is 1.83. The molecule has 0 bridgehead atoms. The summed E-state index contributed by atoms with van der Waals surface area (Å²) in [7, 11) is 0. The zero-order valence-electron chi connectivity index (χ0n) is 18.6. The van der Waals surface area contributed by atoms with Gasteiger partial charge < -0.3 is 14.8 Å². The van der Waals surface area contributed by atoms with E-state index in [0.717, 1.165) is 25.9 Å². The van der Waals surface area contributed by atoms with Gasteiger partial charge in [-0.15, -0.1) is 0 Å².